The van der Waals surface area contributed by atoms with E-state index in [0.29, 0.717) is 28.6 Å². The van der Waals surface area contributed by atoms with Crippen LogP contribution in [0.25, 0.3) is 23.0 Å². The lowest BCUT2D eigenvalue weighted by molar-refractivity contribution is -0.384. The number of pyridine rings is 2. The number of aromatic nitrogens is 5. The van der Waals surface area contributed by atoms with E-state index in [-0.39, 0.29) is 87.4 Å². The Labute approximate surface area is 238 Å². The van der Waals surface area contributed by atoms with Crippen LogP contribution in [0.1, 0.15) is 16.7 Å². The number of rotatable bonds is 7. The molecule has 0 aliphatic rings. The minimum absolute atomic E-state index is 0. The molecular weight excluding hydrogens is 574 g/mol. The quantitative estimate of drug-likeness (QED) is 0.235. The monoisotopic (exact) mass is 596 g/mol. The molecular formula is C21H25Cl5N8O2. The maximum Gasteiger partial charge on any atom is 0.269 e. The highest BCUT2D eigenvalue weighted by Gasteiger charge is 2.20. The number of nitro groups is 1. The van der Waals surface area contributed by atoms with Crippen LogP contribution >= 0.6 is 62.0 Å². The molecule has 0 saturated carbocycles. The van der Waals surface area contributed by atoms with Gasteiger partial charge < -0.3 is 11.5 Å². The lowest BCUT2D eigenvalue weighted by Gasteiger charge is -2.08. The number of nitro benzene ring substituents is 1. The first-order valence-corrected chi connectivity index (χ1v) is 9.57. The second-order valence-electron chi connectivity index (χ2n) is 6.77. The summed E-state index contributed by atoms with van der Waals surface area (Å²) in [7, 11) is 0. The highest BCUT2D eigenvalue weighted by molar-refractivity contribution is 5.86. The van der Waals surface area contributed by atoms with E-state index in [1.165, 1.54) is 12.1 Å². The van der Waals surface area contributed by atoms with Crippen molar-refractivity contribution >= 4 is 67.7 Å². The Balaban J connectivity index is 0. The summed E-state index contributed by atoms with van der Waals surface area (Å²) >= 11 is 0. The summed E-state index contributed by atoms with van der Waals surface area (Å²) in [6.07, 6.45) is 3.31. The summed E-state index contributed by atoms with van der Waals surface area (Å²) in [5.41, 5.74) is 15.3. The van der Waals surface area contributed by atoms with E-state index >= 15 is 0 Å². The van der Waals surface area contributed by atoms with E-state index < -0.39 is 4.92 Å². The molecule has 3 heterocycles. The van der Waals surface area contributed by atoms with Crippen LogP contribution in [0.4, 0.5) is 5.69 Å². The molecule has 0 radical (unpaired) electrons. The van der Waals surface area contributed by atoms with Gasteiger partial charge in [0, 0.05) is 37.6 Å². The van der Waals surface area contributed by atoms with Gasteiger partial charge in [0.05, 0.1) is 11.5 Å². The van der Waals surface area contributed by atoms with Gasteiger partial charge in [-0.1, -0.05) is 24.3 Å². The van der Waals surface area contributed by atoms with Gasteiger partial charge in [-0.3, -0.25) is 20.1 Å². The van der Waals surface area contributed by atoms with Crippen LogP contribution in [0.3, 0.4) is 0 Å². The van der Waals surface area contributed by atoms with Gasteiger partial charge >= 0.3 is 0 Å². The second-order valence-corrected chi connectivity index (χ2v) is 6.77. The van der Waals surface area contributed by atoms with Gasteiger partial charge in [0.1, 0.15) is 11.4 Å². The Hall–Kier alpha value is -2.57. The van der Waals surface area contributed by atoms with Crippen LogP contribution in [0.5, 0.6) is 0 Å². The van der Waals surface area contributed by atoms with E-state index in [1.807, 2.05) is 12.1 Å². The summed E-state index contributed by atoms with van der Waals surface area (Å²) in [4.78, 5) is 24.3. The summed E-state index contributed by atoms with van der Waals surface area (Å²) in [5, 5.41) is 15.8. The van der Waals surface area contributed by atoms with E-state index in [4.69, 9.17) is 16.5 Å². The van der Waals surface area contributed by atoms with Gasteiger partial charge in [-0.25, -0.2) is 9.67 Å². The number of nitrogens with zero attached hydrogens (tertiary/aromatic N) is 6. The molecule has 3 aromatic heterocycles. The third-order valence-electron chi connectivity index (χ3n) is 4.77. The molecule has 15 heteroatoms. The summed E-state index contributed by atoms with van der Waals surface area (Å²) < 4.78 is 1.66. The van der Waals surface area contributed by atoms with Crippen LogP contribution in [0, 0.1) is 10.1 Å². The topological polar surface area (TPSA) is 152 Å². The Morgan fingerprint density at radius 3 is 2.00 bits per heavy atom. The number of hydrogen-bond acceptors (Lipinski definition) is 8. The molecule has 0 spiro atoms. The molecule has 10 nitrogen and oxygen atoms in total. The first kappa shape index (κ1) is 35.6. The summed E-state index contributed by atoms with van der Waals surface area (Å²) in [5.74, 6) is 0.895. The van der Waals surface area contributed by atoms with Gasteiger partial charge in [0.2, 0.25) is 5.82 Å². The largest absolute Gasteiger partial charge is 0.326 e. The van der Waals surface area contributed by atoms with Crippen LogP contribution < -0.4 is 11.5 Å². The predicted octanol–water partition coefficient (Wildman–Crippen LogP) is 4.39. The zero-order valence-electron chi connectivity index (χ0n) is 18.6. The Morgan fingerprint density at radius 1 is 0.833 bits per heavy atom. The number of halogens is 5. The Bertz CT molecular complexity index is 1260. The fourth-order valence-corrected chi connectivity index (χ4v) is 3.28. The van der Waals surface area contributed by atoms with Gasteiger partial charge in [0.15, 0.2) is 5.82 Å². The van der Waals surface area contributed by atoms with Gasteiger partial charge in [-0.2, -0.15) is 0 Å². The molecule has 4 N–H and O–H groups in total. The molecule has 36 heavy (non-hydrogen) atoms. The molecule has 0 bridgehead atoms. The SMILES string of the molecule is Cl.Cl.Cl.Cl.Cl.NCc1cccnc1-c1nc(-c2ncccc2CN)n(Cc2cccc([N+](=O)[O-])c2)n1. The lowest BCUT2D eigenvalue weighted by Crippen LogP contribution is -2.08. The van der Waals surface area contributed by atoms with Gasteiger partial charge in [-0.05, 0) is 28.8 Å². The zero-order valence-corrected chi connectivity index (χ0v) is 22.7. The normalized spacial score (nSPS) is 9.39. The number of hydrogen-bond donors (Lipinski definition) is 2. The first-order valence-electron chi connectivity index (χ1n) is 9.57. The average molecular weight is 599 g/mol. The van der Waals surface area contributed by atoms with Crippen molar-refractivity contribution in [2.75, 3.05) is 0 Å². The fourth-order valence-electron chi connectivity index (χ4n) is 3.28. The van der Waals surface area contributed by atoms with Crippen molar-refractivity contribution in [2.45, 2.75) is 19.6 Å². The van der Waals surface area contributed by atoms with Crippen molar-refractivity contribution in [3.63, 3.8) is 0 Å². The molecule has 0 fully saturated rings. The summed E-state index contributed by atoms with van der Waals surface area (Å²) in [6, 6.07) is 13.8. The Kier molecular flexibility index (Phi) is 16.0. The van der Waals surface area contributed by atoms with Crippen LogP contribution in [0.15, 0.2) is 60.9 Å². The third-order valence-corrected chi connectivity index (χ3v) is 4.77. The van der Waals surface area contributed by atoms with E-state index in [1.54, 1.807) is 41.3 Å². The molecule has 4 aromatic rings. The van der Waals surface area contributed by atoms with Crippen molar-refractivity contribution < 1.29 is 4.92 Å². The van der Waals surface area contributed by atoms with Crippen molar-refractivity contribution in [3.8, 4) is 23.0 Å². The maximum absolute atomic E-state index is 11.2. The van der Waals surface area contributed by atoms with Crippen molar-refractivity contribution in [3.05, 3.63) is 87.7 Å². The molecule has 1 aromatic carbocycles. The number of benzene rings is 1. The maximum atomic E-state index is 11.2. The van der Waals surface area contributed by atoms with Gasteiger partial charge in [-0.15, -0.1) is 67.1 Å². The third kappa shape index (κ3) is 7.71. The fraction of sp³-hybridized carbons (Fsp3) is 0.143. The zero-order chi connectivity index (χ0) is 21.8. The van der Waals surface area contributed by atoms with Crippen molar-refractivity contribution in [1.29, 1.82) is 0 Å². The highest BCUT2D eigenvalue weighted by Crippen LogP contribution is 2.25. The number of nitrogens with two attached hydrogens (primary N) is 2. The molecule has 0 amide bonds. The standard InChI is InChI=1S/C21H20N8O2.5ClH/c22-11-15-5-2-8-24-18(15)20-26-21(19-16(12-23)6-3-9-25-19)28(27-20)13-14-4-1-7-17(10-14)29(30)31;;;;;/h1-10H,11-13,22-23H2;5*1H. The summed E-state index contributed by atoms with van der Waals surface area (Å²) in [6.45, 7) is 0.824. The molecule has 0 aliphatic heterocycles. The molecule has 0 unspecified atom stereocenters. The minimum atomic E-state index is -0.427. The van der Waals surface area contributed by atoms with E-state index in [9.17, 15) is 10.1 Å². The second kappa shape index (κ2) is 16.2. The van der Waals surface area contributed by atoms with Crippen molar-refractivity contribution in [2.24, 2.45) is 11.5 Å². The van der Waals surface area contributed by atoms with Crippen LogP contribution in [0.2, 0.25) is 0 Å². The van der Waals surface area contributed by atoms with E-state index in [0.717, 1.165) is 11.1 Å². The van der Waals surface area contributed by atoms with Crippen molar-refractivity contribution in [1.82, 2.24) is 24.7 Å². The van der Waals surface area contributed by atoms with E-state index in [2.05, 4.69) is 15.1 Å². The van der Waals surface area contributed by atoms with Crippen LogP contribution in [-0.2, 0) is 19.6 Å². The minimum Gasteiger partial charge on any atom is -0.326 e. The Morgan fingerprint density at radius 2 is 1.42 bits per heavy atom. The number of non-ortho nitro benzene ring substituents is 1. The van der Waals surface area contributed by atoms with Gasteiger partial charge in [0.25, 0.3) is 5.69 Å². The predicted molar refractivity (Wildman–Crippen MR) is 151 cm³/mol. The molecule has 196 valence electrons. The van der Waals surface area contributed by atoms with Crippen LogP contribution in [-0.4, -0.2) is 29.7 Å². The molecule has 0 aliphatic carbocycles. The highest BCUT2D eigenvalue weighted by atomic mass is 35.5. The average Bonchev–Trinajstić information content (AvgIpc) is 3.22. The smallest absolute Gasteiger partial charge is 0.269 e. The molecule has 4 rings (SSSR count). The lowest BCUT2D eigenvalue weighted by atomic mass is 10.1. The molecule has 0 saturated heterocycles. The first-order chi connectivity index (χ1) is 15.1. The molecule has 0 atom stereocenters.